The van der Waals surface area contributed by atoms with Crippen molar-refractivity contribution in [1.82, 2.24) is 9.88 Å². The Kier molecular flexibility index (Phi) is 5.79. The van der Waals surface area contributed by atoms with Gasteiger partial charge in [-0.05, 0) is 43.2 Å². The van der Waals surface area contributed by atoms with E-state index >= 15 is 0 Å². The van der Waals surface area contributed by atoms with Crippen molar-refractivity contribution in [3.05, 3.63) is 89.1 Å². The molecule has 0 N–H and O–H groups in total. The Labute approximate surface area is 174 Å². The molecule has 0 amide bonds. The Bertz CT molecular complexity index is 983. The Hall–Kier alpha value is -2.50. The summed E-state index contributed by atoms with van der Waals surface area (Å²) in [5.74, 6) is -0.651. The van der Waals surface area contributed by atoms with Crippen LogP contribution in [-0.2, 0) is 0 Å². The number of benzene rings is 2. The van der Waals surface area contributed by atoms with Crippen molar-refractivity contribution in [2.24, 2.45) is 0 Å². The number of aromatic nitrogens is 1. The number of nitrogens with zero attached hydrogens (tertiary/aromatic N) is 3. The summed E-state index contributed by atoms with van der Waals surface area (Å²) in [6.45, 7) is 3.79. The normalized spacial score (nSPS) is 18.0. The maximum absolute atomic E-state index is 14.2. The maximum Gasteiger partial charge on any atom is 0.214 e. The average Bonchev–Trinajstić information content (AvgIpc) is 3.21. The van der Waals surface area contributed by atoms with Crippen LogP contribution in [0.15, 0.2) is 66.7 Å². The lowest BCUT2D eigenvalue weighted by Crippen LogP contribution is -2.35. The summed E-state index contributed by atoms with van der Waals surface area (Å²) in [6, 6.07) is 19.9. The Morgan fingerprint density at radius 1 is 1.03 bits per heavy atom. The molecule has 2 heterocycles. The predicted molar refractivity (Wildman–Crippen MR) is 113 cm³/mol. The van der Waals surface area contributed by atoms with E-state index in [1.807, 2.05) is 23.1 Å². The monoisotopic (exact) mass is 413 g/mol. The number of halogens is 3. The molecule has 4 rings (SSSR count). The highest BCUT2D eigenvalue weighted by Crippen LogP contribution is 2.38. The van der Waals surface area contributed by atoms with E-state index in [1.165, 1.54) is 17.7 Å². The van der Waals surface area contributed by atoms with Gasteiger partial charge in [0.05, 0.1) is 10.7 Å². The smallest absolute Gasteiger partial charge is 0.214 e. The topological polar surface area (TPSA) is 19.4 Å². The zero-order valence-corrected chi connectivity index (χ0v) is 16.9. The van der Waals surface area contributed by atoms with E-state index in [1.54, 1.807) is 24.3 Å². The first kappa shape index (κ1) is 19.8. The van der Waals surface area contributed by atoms with Crippen LogP contribution in [0.1, 0.15) is 24.9 Å². The van der Waals surface area contributed by atoms with Gasteiger partial charge < -0.3 is 4.90 Å². The minimum atomic E-state index is -0.576. The van der Waals surface area contributed by atoms with Crippen LogP contribution in [0, 0.1) is 11.8 Å². The molecule has 0 bridgehead atoms. The lowest BCUT2D eigenvalue weighted by molar-refractivity contribution is 0.259. The van der Waals surface area contributed by atoms with Crippen LogP contribution in [0.5, 0.6) is 0 Å². The molecule has 0 radical (unpaired) electrons. The van der Waals surface area contributed by atoms with Crippen LogP contribution in [0.3, 0.4) is 0 Å². The van der Waals surface area contributed by atoms with E-state index in [-0.39, 0.29) is 17.1 Å². The molecule has 29 heavy (non-hydrogen) atoms. The highest BCUT2D eigenvalue weighted by atomic mass is 35.5. The lowest BCUT2D eigenvalue weighted by atomic mass is 10.1. The van der Waals surface area contributed by atoms with Gasteiger partial charge in [0.2, 0.25) is 5.95 Å². The minimum absolute atomic E-state index is 0.00485. The van der Waals surface area contributed by atoms with Crippen LogP contribution in [0.2, 0.25) is 5.02 Å². The number of likely N-dealkylation sites (tertiary alicyclic amines) is 1. The van der Waals surface area contributed by atoms with Crippen LogP contribution in [0.25, 0.3) is 0 Å². The van der Waals surface area contributed by atoms with Crippen LogP contribution in [0.4, 0.5) is 20.3 Å². The molecule has 1 fully saturated rings. The van der Waals surface area contributed by atoms with E-state index < -0.39 is 11.8 Å². The molecule has 2 aromatic carbocycles. The third-order valence-corrected chi connectivity index (χ3v) is 5.90. The van der Waals surface area contributed by atoms with Gasteiger partial charge in [-0.15, -0.1) is 0 Å². The Morgan fingerprint density at radius 2 is 1.79 bits per heavy atom. The zero-order chi connectivity index (χ0) is 20.4. The quantitative estimate of drug-likeness (QED) is 0.479. The van der Waals surface area contributed by atoms with Crippen LogP contribution >= 0.6 is 11.6 Å². The van der Waals surface area contributed by atoms with E-state index in [9.17, 15) is 8.78 Å². The van der Waals surface area contributed by atoms with Crippen molar-refractivity contribution in [3.8, 4) is 0 Å². The molecule has 1 aliphatic heterocycles. The highest BCUT2D eigenvalue weighted by molar-refractivity contribution is 6.33. The van der Waals surface area contributed by atoms with E-state index in [0.717, 1.165) is 19.5 Å². The first-order chi connectivity index (χ1) is 14.0. The summed E-state index contributed by atoms with van der Waals surface area (Å²) in [5, 5.41) is 0.0214. The van der Waals surface area contributed by atoms with Crippen LogP contribution in [-0.4, -0.2) is 29.0 Å². The molecule has 0 spiro atoms. The molecule has 3 aromatic rings. The first-order valence-corrected chi connectivity index (χ1v) is 10.1. The van der Waals surface area contributed by atoms with Gasteiger partial charge in [-0.1, -0.05) is 54.1 Å². The second-order valence-electron chi connectivity index (χ2n) is 7.29. The fourth-order valence-electron chi connectivity index (χ4n) is 3.99. The van der Waals surface area contributed by atoms with E-state index in [4.69, 9.17) is 11.6 Å². The summed E-state index contributed by atoms with van der Waals surface area (Å²) >= 11 is 6.30. The number of hydrogen-bond donors (Lipinski definition) is 0. The molecule has 150 valence electrons. The molecule has 1 saturated heterocycles. The molecular formula is C23H22ClF2N3. The fraction of sp³-hybridized carbons (Fsp3) is 0.261. The van der Waals surface area contributed by atoms with Crippen LogP contribution < -0.4 is 4.90 Å². The SMILES string of the molecule is C[C@@H](c1ccccc1)N1CC[C@H](N(c2cccc(F)n2)c2cccc(F)c2Cl)C1. The van der Waals surface area contributed by atoms with Gasteiger partial charge in [-0.25, -0.2) is 9.37 Å². The highest BCUT2D eigenvalue weighted by Gasteiger charge is 2.33. The predicted octanol–water partition coefficient (Wildman–Crippen LogP) is 5.99. The molecule has 6 heteroatoms. The van der Waals surface area contributed by atoms with Crippen molar-refractivity contribution in [2.45, 2.75) is 25.4 Å². The number of rotatable bonds is 5. The first-order valence-electron chi connectivity index (χ1n) is 9.69. The minimum Gasteiger partial charge on any atom is -0.320 e. The Morgan fingerprint density at radius 3 is 2.55 bits per heavy atom. The largest absolute Gasteiger partial charge is 0.320 e. The second kappa shape index (κ2) is 8.47. The molecular weight excluding hydrogens is 392 g/mol. The molecule has 0 aliphatic carbocycles. The number of hydrogen-bond acceptors (Lipinski definition) is 3. The number of anilines is 2. The molecule has 1 aliphatic rings. The molecule has 0 saturated carbocycles. The molecule has 2 atom stereocenters. The summed E-state index contributed by atoms with van der Waals surface area (Å²) < 4.78 is 28.1. The van der Waals surface area contributed by atoms with Crippen molar-refractivity contribution < 1.29 is 8.78 Å². The van der Waals surface area contributed by atoms with Gasteiger partial charge in [0, 0.05) is 25.2 Å². The van der Waals surface area contributed by atoms with Gasteiger partial charge in [-0.2, -0.15) is 4.39 Å². The second-order valence-corrected chi connectivity index (χ2v) is 7.66. The standard InChI is InChI=1S/C23H22ClF2N3/c1-16(17-7-3-2-4-8-17)28-14-13-18(15-28)29(22-12-6-11-21(26)27-22)20-10-5-9-19(25)23(20)24/h2-12,16,18H,13-15H2,1H3/t16-,18-/m0/s1. The van der Waals surface area contributed by atoms with E-state index in [2.05, 4.69) is 28.9 Å². The van der Waals surface area contributed by atoms with Gasteiger partial charge in [0.1, 0.15) is 11.6 Å². The number of pyridine rings is 1. The van der Waals surface area contributed by atoms with E-state index in [0.29, 0.717) is 11.5 Å². The average molecular weight is 414 g/mol. The molecule has 3 nitrogen and oxygen atoms in total. The summed E-state index contributed by atoms with van der Waals surface area (Å²) in [7, 11) is 0. The molecule has 0 unspecified atom stereocenters. The lowest BCUT2D eigenvalue weighted by Gasteiger charge is -2.32. The van der Waals surface area contributed by atoms with Gasteiger partial charge in [0.25, 0.3) is 0 Å². The third kappa shape index (κ3) is 4.11. The van der Waals surface area contributed by atoms with Crippen molar-refractivity contribution in [3.63, 3.8) is 0 Å². The molecule has 1 aromatic heterocycles. The zero-order valence-electron chi connectivity index (χ0n) is 16.1. The van der Waals surface area contributed by atoms with Crippen molar-refractivity contribution in [1.29, 1.82) is 0 Å². The van der Waals surface area contributed by atoms with Gasteiger partial charge in [0.15, 0.2) is 0 Å². The summed E-state index contributed by atoms with van der Waals surface area (Å²) in [5.41, 5.74) is 1.75. The van der Waals surface area contributed by atoms with Crippen molar-refractivity contribution >= 4 is 23.1 Å². The summed E-state index contributed by atoms with van der Waals surface area (Å²) in [4.78, 5) is 8.29. The third-order valence-electron chi connectivity index (χ3n) is 5.53. The maximum atomic E-state index is 14.2. The summed E-state index contributed by atoms with van der Waals surface area (Å²) in [6.07, 6.45) is 0.836. The van der Waals surface area contributed by atoms with Crippen molar-refractivity contribution in [2.75, 3.05) is 18.0 Å². The fourth-order valence-corrected chi connectivity index (χ4v) is 4.21. The van der Waals surface area contributed by atoms with Gasteiger partial charge in [-0.3, -0.25) is 4.90 Å². The van der Waals surface area contributed by atoms with Gasteiger partial charge >= 0.3 is 0 Å². The Balaban J connectivity index is 1.66.